The summed E-state index contributed by atoms with van der Waals surface area (Å²) in [5, 5.41) is 22.8. The molecule has 1 aromatic heterocycles. The van der Waals surface area contributed by atoms with Crippen molar-refractivity contribution in [2.75, 3.05) is 11.1 Å². The lowest BCUT2D eigenvalue weighted by Gasteiger charge is -2.06. The predicted octanol–water partition coefficient (Wildman–Crippen LogP) is 3.05. The van der Waals surface area contributed by atoms with E-state index in [4.69, 9.17) is 10.4 Å². The predicted molar refractivity (Wildman–Crippen MR) is 81.8 cm³/mol. The first-order chi connectivity index (χ1) is 10.1. The number of carboxylic acids is 1. The lowest BCUT2D eigenvalue weighted by Crippen LogP contribution is -2.14. The van der Waals surface area contributed by atoms with Gasteiger partial charge in [0.1, 0.15) is 11.1 Å². The smallest absolute Gasteiger partial charge is 0.336 e. The van der Waals surface area contributed by atoms with Gasteiger partial charge in [0.2, 0.25) is 5.91 Å². The maximum absolute atomic E-state index is 11.9. The Labute approximate surface area is 129 Å². The number of hydrogen-bond acceptors (Lipinski definition) is 5. The Kier molecular flexibility index (Phi) is 4.98. The fraction of sp³-hybridized carbons (Fsp3) is 0.0714. The van der Waals surface area contributed by atoms with Crippen LogP contribution in [0.1, 0.15) is 15.9 Å². The van der Waals surface area contributed by atoms with Gasteiger partial charge in [-0.05, 0) is 23.6 Å². The lowest BCUT2D eigenvalue weighted by molar-refractivity contribution is -0.113. The molecule has 2 rings (SSSR count). The molecule has 1 heterocycles. The molecule has 0 bridgehead atoms. The van der Waals surface area contributed by atoms with E-state index >= 15 is 0 Å². The molecule has 1 amide bonds. The Morgan fingerprint density at radius 3 is 2.81 bits per heavy atom. The van der Waals surface area contributed by atoms with Gasteiger partial charge in [0.25, 0.3) is 0 Å². The number of thiophene rings is 1. The van der Waals surface area contributed by atoms with Crippen molar-refractivity contribution in [3.05, 3.63) is 46.8 Å². The second-order valence-electron chi connectivity index (χ2n) is 3.91. The average Bonchev–Trinajstić information content (AvgIpc) is 2.92. The van der Waals surface area contributed by atoms with Crippen LogP contribution in [-0.4, -0.2) is 22.7 Å². The van der Waals surface area contributed by atoms with E-state index in [0.717, 1.165) is 11.8 Å². The molecular formula is C14H10N2O3S2. The van der Waals surface area contributed by atoms with Crippen LogP contribution in [0.4, 0.5) is 5.00 Å². The van der Waals surface area contributed by atoms with Gasteiger partial charge in [-0.15, -0.1) is 23.1 Å². The molecule has 21 heavy (non-hydrogen) atoms. The minimum atomic E-state index is -1.02. The molecular weight excluding hydrogens is 308 g/mol. The number of carbonyl (C=O) groups is 2. The highest BCUT2D eigenvalue weighted by atomic mass is 32.2. The molecule has 0 spiro atoms. The monoisotopic (exact) mass is 318 g/mol. The molecule has 0 saturated carbocycles. The van der Waals surface area contributed by atoms with Crippen LogP contribution in [0.25, 0.3) is 0 Å². The third kappa shape index (κ3) is 3.84. The number of nitriles is 1. The van der Waals surface area contributed by atoms with Crippen LogP contribution < -0.4 is 5.32 Å². The number of thioether (sulfide) groups is 1. The van der Waals surface area contributed by atoms with E-state index in [-0.39, 0.29) is 17.2 Å². The van der Waals surface area contributed by atoms with E-state index in [1.165, 1.54) is 17.4 Å². The molecule has 0 aliphatic heterocycles. The van der Waals surface area contributed by atoms with E-state index in [0.29, 0.717) is 15.5 Å². The Bertz CT molecular complexity index is 719. The van der Waals surface area contributed by atoms with Gasteiger partial charge in [-0.3, -0.25) is 4.79 Å². The normalized spacial score (nSPS) is 9.86. The molecule has 0 radical (unpaired) electrons. The van der Waals surface area contributed by atoms with Gasteiger partial charge >= 0.3 is 5.97 Å². The van der Waals surface area contributed by atoms with Gasteiger partial charge in [0.05, 0.1) is 16.9 Å². The zero-order chi connectivity index (χ0) is 15.2. The van der Waals surface area contributed by atoms with Crippen LogP contribution in [-0.2, 0) is 4.79 Å². The van der Waals surface area contributed by atoms with Crippen LogP contribution in [0.3, 0.4) is 0 Å². The van der Waals surface area contributed by atoms with Gasteiger partial charge in [-0.2, -0.15) is 5.26 Å². The van der Waals surface area contributed by atoms with E-state index in [9.17, 15) is 9.59 Å². The Hall–Kier alpha value is -2.30. The molecule has 0 aliphatic carbocycles. The zero-order valence-corrected chi connectivity index (χ0v) is 12.3. The van der Waals surface area contributed by atoms with Crippen LogP contribution >= 0.6 is 23.1 Å². The number of aromatic carboxylic acids is 1. The summed E-state index contributed by atoms with van der Waals surface area (Å²) in [4.78, 5) is 23.4. The van der Waals surface area contributed by atoms with E-state index < -0.39 is 5.97 Å². The van der Waals surface area contributed by atoms with Crippen molar-refractivity contribution in [2.24, 2.45) is 0 Å². The van der Waals surface area contributed by atoms with Gasteiger partial charge in [0, 0.05) is 4.90 Å². The van der Waals surface area contributed by atoms with Gasteiger partial charge < -0.3 is 10.4 Å². The number of amides is 1. The number of rotatable bonds is 5. The lowest BCUT2D eigenvalue weighted by atomic mass is 10.2. The quantitative estimate of drug-likeness (QED) is 0.827. The minimum absolute atomic E-state index is 0.0765. The van der Waals surface area contributed by atoms with Crippen molar-refractivity contribution >= 4 is 40.0 Å². The fourth-order valence-corrected chi connectivity index (χ4v) is 3.17. The molecule has 2 aromatic rings. The highest BCUT2D eigenvalue weighted by molar-refractivity contribution is 8.00. The maximum atomic E-state index is 11.9. The van der Waals surface area contributed by atoms with Crippen molar-refractivity contribution in [3.63, 3.8) is 0 Å². The molecule has 106 valence electrons. The second kappa shape index (κ2) is 6.92. The van der Waals surface area contributed by atoms with Gasteiger partial charge in [0.15, 0.2) is 0 Å². The number of nitrogens with zero attached hydrogens (tertiary/aromatic N) is 1. The molecule has 5 nitrogen and oxygen atoms in total. The minimum Gasteiger partial charge on any atom is -0.478 e. The second-order valence-corrected chi connectivity index (χ2v) is 5.85. The van der Waals surface area contributed by atoms with Crippen LogP contribution in [0.2, 0.25) is 0 Å². The average molecular weight is 318 g/mol. The van der Waals surface area contributed by atoms with E-state index in [1.54, 1.807) is 29.6 Å². The molecule has 2 N–H and O–H groups in total. The maximum Gasteiger partial charge on any atom is 0.336 e. The number of carboxylic acid groups (broad SMARTS) is 1. The van der Waals surface area contributed by atoms with Crippen LogP contribution in [0, 0.1) is 11.3 Å². The van der Waals surface area contributed by atoms with E-state index in [1.807, 2.05) is 6.07 Å². The van der Waals surface area contributed by atoms with Crippen molar-refractivity contribution in [1.82, 2.24) is 0 Å². The Morgan fingerprint density at radius 2 is 2.10 bits per heavy atom. The Balaban J connectivity index is 1.99. The molecule has 0 atom stereocenters. The standard InChI is InChI=1S/C14H10N2O3S2/c15-7-9-5-6-20-13(9)16-12(17)8-21-11-4-2-1-3-10(11)14(18)19/h1-6H,8H2,(H,16,17)(H,18,19). The van der Waals surface area contributed by atoms with Crippen LogP contribution in [0.5, 0.6) is 0 Å². The van der Waals surface area contributed by atoms with Gasteiger partial charge in [-0.1, -0.05) is 12.1 Å². The molecule has 0 aliphatic rings. The molecule has 0 fully saturated rings. The third-order valence-corrected chi connectivity index (χ3v) is 4.42. The SMILES string of the molecule is N#Cc1ccsc1NC(=O)CSc1ccccc1C(=O)O. The van der Waals surface area contributed by atoms with Crippen molar-refractivity contribution < 1.29 is 14.7 Å². The summed E-state index contributed by atoms with van der Waals surface area (Å²) in [7, 11) is 0. The number of carbonyl (C=O) groups excluding carboxylic acids is 1. The number of benzene rings is 1. The summed E-state index contributed by atoms with van der Waals surface area (Å²) in [5.41, 5.74) is 0.591. The van der Waals surface area contributed by atoms with Crippen LogP contribution in [0.15, 0.2) is 40.6 Å². The molecule has 0 unspecified atom stereocenters. The first-order valence-electron chi connectivity index (χ1n) is 5.84. The van der Waals surface area contributed by atoms with Crippen molar-refractivity contribution in [3.8, 4) is 6.07 Å². The molecule has 7 heteroatoms. The first-order valence-corrected chi connectivity index (χ1v) is 7.71. The summed E-state index contributed by atoms with van der Waals surface area (Å²) in [6.45, 7) is 0. The Morgan fingerprint density at radius 1 is 1.33 bits per heavy atom. The summed E-state index contributed by atoms with van der Waals surface area (Å²) in [6, 6.07) is 10.1. The molecule has 1 aromatic carbocycles. The van der Waals surface area contributed by atoms with Crippen molar-refractivity contribution in [2.45, 2.75) is 4.90 Å². The first kappa shape index (κ1) is 15.1. The third-order valence-electron chi connectivity index (χ3n) is 2.51. The number of anilines is 1. The summed E-state index contributed by atoms with van der Waals surface area (Å²) in [6.07, 6.45) is 0. The summed E-state index contributed by atoms with van der Waals surface area (Å²) >= 11 is 2.42. The van der Waals surface area contributed by atoms with Crippen molar-refractivity contribution in [1.29, 1.82) is 5.26 Å². The fourth-order valence-electron chi connectivity index (χ4n) is 1.57. The zero-order valence-electron chi connectivity index (χ0n) is 10.7. The summed E-state index contributed by atoms with van der Waals surface area (Å²) in [5.74, 6) is -1.23. The van der Waals surface area contributed by atoms with E-state index in [2.05, 4.69) is 5.32 Å². The number of nitrogens with one attached hydrogen (secondary N) is 1. The topological polar surface area (TPSA) is 90.2 Å². The molecule has 0 saturated heterocycles. The highest BCUT2D eigenvalue weighted by Crippen LogP contribution is 2.25. The largest absolute Gasteiger partial charge is 0.478 e. The van der Waals surface area contributed by atoms with Gasteiger partial charge in [-0.25, -0.2) is 4.79 Å². The number of hydrogen-bond donors (Lipinski definition) is 2. The highest BCUT2D eigenvalue weighted by Gasteiger charge is 2.12. The summed E-state index contributed by atoms with van der Waals surface area (Å²) < 4.78 is 0.